The summed E-state index contributed by atoms with van der Waals surface area (Å²) in [6, 6.07) is 0.393. The van der Waals surface area contributed by atoms with E-state index in [-0.39, 0.29) is 29.2 Å². The maximum Gasteiger partial charge on any atom is 0.311 e. The van der Waals surface area contributed by atoms with E-state index < -0.39 is 5.41 Å². The first-order chi connectivity index (χ1) is 36.6. The Bertz CT molecular complexity index is 1590. The summed E-state index contributed by atoms with van der Waals surface area (Å²) in [5, 5.41) is 0. The number of ether oxygens (including phenoxy) is 2. The van der Waals surface area contributed by atoms with Gasteiger partial charge in [-0.1, -0.05) is 214 Å². The van der Waals surface area contributed by atoms with Crippen molar-refractivity contribution in [3.05, 3.63) is 35.6 Å². The standard InChI is InChI=1S/C52H93N2O5.C17H31/c1-9-11-13-15-17-23-29-46(30-24-18-16-14-12-10-2)59-50(57)52(6,7)33-26-20-22-28-36-58-41-45-37-44(47-38-48(47)49(56)43-31-35-53(8)39-43)40-54(45)34-27-21-19-25-32-51(4,5)42(3)55;1-3-5-7-10-16(11-8-6-4-2)12-9-13-17-14-15-17/h38,43-46H,9-37,39-41H2,1-8H3;14-16H,3-13H2,1-2H3/t43-,44-,45-;/m0./s1. The van der Waals surface area contributed by atoms with Crippen LogP contribution >= 0.6 is 0 Å². The Kier molecular flexibility index (Phi) is 36.3. The summed E-state index contributed by atoms with van der Waals surface area (Å²) in [6.07, 6.45) is 52.6. The Morgan fingerprint density at radius 1 is 0.632 bits per heavy atom. The number of hydrogen-bond acceptors (Lipinski definition) is 7. The molecule has 2 fully saturated rings. The number of esters is 1. The van der Waals surface area contributed by atoms with Crippen molar-refractivity contribution in [2.45, 2.75) is 312 Å². The minimum atomic E-state index is -0.447. The summed E-state index contributed by atoms with van der Waals surface area (Å²) in [5.74, 6) is 2.29. The predicted molar refractivity (Wildman–Crippen MR) is 325 cm³/mol. The van der Waals surface area contributed by atoms with Gasteiger partial charge in [0.15, 0.2) is 5.78 Å². The first-order valence-corrected chi connectivity index (χ1v) is 33.0. The van der Waals surface area contributed by atoms with Crippen molar-refractivity contribution in [2.24, 2.45) is 28.6 Å². The van der Waals surface area contributed by atoms with E-state index in [1.807, 2.05) is 0 Å². The van der Waals surface area contributed by atoms with Gasteiger partial charge in [-0.15, -0.1) is 0 Å². The summed E-state index contributed by atoms with van der Waals surface area (Å²) >= 11 is 0. The van der Waals surface area contributed by atoms with Crippen LogP contribution in [-0.4, -0.2) is 85.9 Å². The molecule has 0 aromatic rings. The second-order valence-electron chi connectivity index (χ2n) is 26.2. The number of rotatable bonds is 48. The van der Waals surface area contributed by atoms with Crippen molar-refractivity contribution in [1.82, 2.24) is 9.80 Å². The van der Waals surface area contributed by atoms with Gasteiger partial charge < -0.3 is 14.4 Å². The van der Waals surface area contributed by atoms with E-state index in [4.69, 9.17) is 9.47 Å². The molecule has 4 rings (SSSR count). The lowest BCUT2D eigenvalue weighted by Gasteiger charge is -2.27. The van der Waals surface area contributed by atoms with Crippen molar-refractivity contribution >= 4 is 17.5 Å². The summed E-state index contributed by atoms with van der Waals surface area (Å²) < 4.78 is 12.6. The third-order valence-corrected chi connectivity index (χ3v) is 18.1. The quantitative estimate of drug-likeness (QED) is 0.0444. The first-order valence-electron chi connectivity index (χ1n) is 33.0. The van der Waals surface area contributed by atoms with Crippen LogP contribution in [0.5, 0.6) is 0 Å². The number of nitrogens with zero attached hydrogens (tertiary/aromatic N) is 2. The number of likely N-dealkylation sites (tertiary alicyclic amines) is 2. The number of hydrogen-bond donors (Lipinski definition) is 0. The highest BCUT2D eigenvalue weighted by atomic mass is 16.5. The molecule has 0 bridgehead atoms. The van der Waals surface area contributed by atoms with Crippen LogP contribution in [0.3, 0.4) is 0 Å². The van der Waals surface area contributed by atoms with Gasteiger partial charge in [0.25, 0.3) is 0 Å². The van der Waals surface area contributed by atoms with Gasteiger partial charge >= 0.3 is 5.97 Å². The van der Waals surface area contributed by atoms with Crippen molar-refractivity contribution in [3.63, 3.8) is 0 Å². The smallest absolute Gasteiger partial charge is 0.311 e. The van der Waals surface area contributed by atoms with Crippen molar-refractivity contribution in [3.8, 4) is 0 Å². The van der Waals surface area contributed by atoms with Gasteiger partial charge in [0.1, 0.15) is 11.9 Å². The average Bonchev–Trinajstić information content (AvgIpc) is 4.31. The highest BCUT2D eigenvalue weighted by Gasteiger charge is 2.43. The molecule has 7 nitrogen and oxygen atoms in total. The Morgan fingerprint density at radius 2 is 1.14 bits per heavy atom. The summed E-state index contributed by atoms with van der Waals surface area (Å²) in [7, 11) is 2.12. The molecule has 2 radical (unpaired) electrons. The van der Waals surface area contributed by atoms with E-state index in [9.17, 15) is 14.4 Å². The molecule has 0 aromatic heterocycles. The Hall–Kier alpha value is -1.83. The topological polar surface area (TPSA) is 76.2 Å². The zero-order valence-electron chi connectivity index (χ0n) is 52.0. The second-order valence-corrected chi connectivity index (χ2v) is 26.2. The number of ketones is 2. The fraction of sp³-hybridized carbons (Fsp3) is 0.870. The van der Waals surface area contributed by atoms with Crippen LogP contribution in [0.4, 0.5) is 0 Å². The Balaban J connectivity index is 0.000000756. The third-order valence-electron chi connectivity index (χ3n) is 18.1. The fourth-order valence-electron chi connectivity index (χ4n) is 12.1. The van der Waals surface area contributed by atoms with Crippen LogP contribution in [0, 0.1) is 41.4 Å². The van der Waals surface area contributed by atoms with Crippen LogP contribution in [0.25, 0.3) is 0 Å². The lowest BCUT2D eigenvalue weighted by molar-refractivity contribution is -0.161. The van der Waals surface area contributed by atoms with Crippen LogP contribution in [0.1, 0.15) is 300 Å². The minimum absolute atomic E-state index is 0.00124. The van der Waals surface area contributed by atoms with Gasteiger partial charge in [-0.3, -0.25) is 19.3 Å². The Morgan fingerprint density at radius 3 is 1.71 bits per heavy atom. The van der Waals surface area contributed by atoms with Crippen LogP contribution in [0.2, 0.25) is 0 Å². The summed E-state index contributed by atoms with van der Waals surface area (Å²) in [6.45, 7) is 24.7. The molecule has 2 saturated heterocycles. The zero-order valence-corrected chi connectivity index (χ0v) is 52.0. The van der Waals surface area contributed by atoms with E-state index >= 15 is 0 Å². The average molecular weight is 1060 g/mol. The van der Waals surface area contributed by atoms with E-state index in [0.717, 1.165) is 128 Å². The summed E-state index contributed by atoms with van der Waals surface area (Å²) in [4.78, 5) is 43.6. The van der Waals surface area contributed by atoms with Gasteiger partial charge in [-0.25, -0.2) is 0 Å². The van der Waals surface area contributed by atoms with Crippen LogP contribution in [-0.2, 0) is 23.9 Å². The molecule has 2 aliphatic carbocycles. The van der Waals surface area contributed by atoms with Gasteiger partial charge in [0, 0.05) is 55.5 Å². The lowest BCUT2D eigenvalue weighted by Crippen LogP contribution is -2.34. The maximum absolute atomic E-state index is 13.5. The van der Waals surface area contributed by atoms with Gasteiger partial charge in [-0.2, -0.15) is 0 Å². The molecule has 2 heterocycles. The van der Waals surface area contributed by atoms with Crippen molar-refractivity contribution in [1.29, 1.82) is 0 Å². The van der Waals surface area contributed by atoms with Crippen LogP contribution < -0.4 is 0 Å². The molecule has 440 valence electrons. The van der Waals surface area contributed by atoms with Gasteiger partial charge in [0.05, 0.1) is 12.0 Å². The number of carbonyl (C=O) groups is 3. The molecule has 0 spiro atoms. The van der Waals surface area contributed by atoms with Crippen LogP contribution in [0.15, 0.2) is 22.8 Å². The highest BCUT2D eigenvalue weighted by molar-refractivity contribution is 6.06. The van der Waals surface area contributed by atoms with E-state index in [1.54, 1.807) is 12.5 Å². The minimum Gasteiger partial charge on any atom is -0.462 e. The molecule has 0 amide bonds. The first kappa shape index (κ1) is 68.4. The monoisotopic (exact) mass is 1060 g/mol. The molecule has 7 heteroatoms. The molecule has 0 saturated carbocycles. The maximum atomic E-state index is 13.5. The molecule has 2 aliphatic heterocycles. The molecular weight excluding hydrogens is 937 g/mol. The van der Waals surface area contributed by atoms with Crippen molar-refractivity contribution < 1.29 is 23.9 Å². The lowest BCUT2D eigenvalue weighted by atomic mass is 9.83. The molecule has 0 N–H and O–H groups in total. The fourth-order valence-corrected chi connectivity index (χ4v) is 12.1. The highest BCUT2D eigenvalue weighted by Crippen LogP contribution is 2.44. The largest absolute Gasteiger partial charge is 0.462 e. The zero-order chi connectivity index (χ0) is 55.4. The molecule has 0 unspecified atom stereocenters. The number of allylic oxidation sites excluding steroid dienone is 3. The van der Waals surface area contributed by atoms with Gasteiger partial charge in [0.2, 0.25) is 0 Å². The molecule has 3 atom stereocenters. The predicted octanol–water partition coefficient (Wildman–Crippen LogP) is 18.8. The van der Waals surface area contributed by atoms with E-state index in [0.29, 0.717) is 17.7 Å². The van der Waals surface area contributed by atoms with Crippen molar-refractivity contribution in [2.75, 3.05) is 46.4 Å². The number of carbonyl (C=O) groups excluding carboxylic acids is 3. The van der Waals surface area contributed by atoms with E-state index in [2.05, 4.69) is 91.2 Å². The molecule has 0 aromatic carbocycles. The van der Waals surface area contributed by atoms with Gasteiger partial charge in [-0.05, 0) is 135 Å². The molecule has 76 heavy (non-hydrogen) atoms. The number of Topliss-reactive ketones (excluding diaryl/α,β-unsaturated/α-hetero) is 2. The van der Waals surface area contributed by atoms with E-state index in [1.165, 1.54) is 166 Å². The molecule has 4 aliphatic rings. The SMILES string of the molecule is CCCCCC(CCCCC)CCCC1=C[CH]1.CCCCCCCCC(CCCCCCCC)OC(=O)C(C)(C)CCCCCCOC[C@@H]1C[C@H](C2=C(C(=O)[C@H]3CCN(C)C3)[CH]2)CN1CCCCCCC(C)(C)C(C)=O. The normalized spacial score (nSPS) is 18.9. The summed E-state index contributed by atoms with van der Waals surface area (Å²) in [5.41, 5.74) is 3.29. The number of unbranched alkanes of at least 4 members (excludes halogenated alkanes) is 20. The molecular formula is C69H124N2O5. The Labute approximate surface area is 471 Å². The third kappa shape index (κ3) is 30.1. The second kappa shape index (κ2) is 40.4.